The van der Waals surface area contributed by atoms with Gasteiger partial charge in [-0.05, 0) is 33.0 Å². The first-order valence-electron chi connectivity index (χ1n) is 7.06. The molecule has 1 aromatic heterocycles. The highest BCUT2D eigenvalue weighted by Gasteiger charge is 2.11. The molecule has 0 aliphatic rings. The number of hydrogen-bond acceptors (Lipinski definition) is 5. The maximum absolute atomic E-state index is 11.3. The molecule has 0 amide bonds. The van der Waals surface area contributed by atoms with Crippen LogP contribution in [0.1, 0.15) is 44.6 Å². The SMILES string of the molecule is CCN(CC)CCCN(CC)c1nc(C(C)=O)cs1. The van der Waals surface area contributed by atoms with Crippen molar-refractivity contribution in [2.24, 2.45) is 0 Å². The van der Waals surface area contributed by atoms with Crippen molar-refractivity contribution in [3.05, 3.63) is 11.1 Å². The van der Waals surface area contributed by atoms with Crippen LogP contribution in [-0.4, -0.2) is 48.4 Å². The van der Waals surface area contributed by atoms with Crippen LogP contribution in [0.15, 0.2) is 5.38 Å². The van der Waals surface area contributed by atoms with Crippen molar-refractivity contribution in [1.29, 1.82) is 0 Å². The van der Waals surface area contributed by atoms with E-state index in [-0.39, 0.29) is 5.78 Å². The zero-order chi connectivity index (χ0) is 14.3. The largest absolute Gasteiger partial charge is 0.348 e. The fourth-order valence-corrected chi connectivity index (χ4v) is 2.94. The highest BCUT2D eigenvalue weighted by atomic mass is 32.1. The van der Waals surface area contributed by atoms with Crippen LogP contribution in [0.2, 0.25) is 0 Å². The molecule has 19 heavy (non-hydrogen) atoms. The third-order valence-electron chi connectivity index (χ3n) is 3.30. The second-order valence-corrected chi connectivity index (χ2v) is 5.37. The Kier molecular flexibility index (Phi) is 7.02. The Hall–Kier alpha value is -0.940. The lowest BCUT2D eigenvalue weighted by Gasteiger charge is -2.23. The summed E-state index contributed by atoms with van der Waals surface area (Å²) >= 11 is 1.56. The summed E-state index contributed by atoms with van der Waals surface area (Å²) in [5.41, 5.74) is 0.585. The van der Waals surface area contributed by atoms with Gasteiger partial charge >= 0.3 is 0 Å². The number of hydrogen-bond donors (Lipinski definition) is 0. The Morgan fingerprint density at radius 3 is 2.37 bits per heavy atom. The molecule has 108 valence electrons. The van der Waals surface area contributed by atoms with Crippen LogP contribution in [-0.2, 0) is 0 Å². The molecule has 0 bridgehead atoms. The minimum atomic E-state index is 0.0432. The first kappa shape index (κ1) is 16.1. The standard InChI is InChI=1S/C14H25N3OS/c1-5-16(6-2)9-8-10-17(7-3)14-15-13(11-19-14)12(4)18/h11H,5-10H2,1-4H3. The molecule has 0 N–H and O–H groups in total. The number of ketones is 1. The Balaban J connectivity index is 2.50. The molecule has 0 aliphatic carbocycles. The number of nitrogens with zero attached hydrogens (tertiary/aromatic N) is 3. The lowest BCUT2D eigenvalue weighted by atomic mass is 10.3. The van der Waals surface area contributed by atoms with Crippen LogP contribution in [0, 0.1) is 0 Å². The molecular formula is C14H25N3OS. The van der Waals surface area contributed by atoms with Gasteiger partial charge in [-0.25, -0.2) is 4.98 Å². The van der Waals surface area contributed by atoms with Crippen LogP contribution in [0.3, 0.4) is 0 Å². The summed E-state index contributed by atoms with van der Waals surface area (Å²) in [5, 5.41) is 2.82. The summed E-state index contributed by atoms with van der Waals surface area (Å²) in [7, 11) is 0. The molecule has 4 nitrogen and oxygen atoms in total. The molecule has 1 heterocycles. The van der Waals surface area contributed by atoms with Crippen molar-refractivity contribution in [3.8, 4) is 0 Å². The number of carbonyl (C=O) groups excluding carboxylic acids is 1. The number of anilines is 1. The van der Waals surface area contributed by atoms with E-state index in [2.05, 4.69) is 35.6 Å². The number of thiazole rings is 1. The highest BCUT2D eigenvalue weighted by Crippen LogP contribution is 2.20. The summed E-state index contributed by atoms with van der Waals surface area (Å²) in [6.07, 6.45) is 1.13. The lowest BCUT2D eigenvalue weighted by Crippen LogP contribution is -2.30. The second kappa shape index (κ2) is 8.27. The van der Waals surface area contributed by atoms with Crippen LogP contribution in [0.4, 0.5) is 5.13 Å². The molecule has 0 unspecified atom stereocenters. The minimum absolute atomic E-state index is 0.0432. The Bertz CT molecular complexity index is 388. The fraction of sp³-hybridized carbons (Fsp3) is 0.714. The summed E-state index contributed by atoms with van der Waals surface area (Å²) in [4.78, 5) is 20.3. The van der Waals surface area contributed by atoms with Crippen molar-refractivity contribution in [2.75, 3.05) is 37.6 Å². The summed E-state index contributed by atoms with van der Waals surface area (Å²) in [6, 6.07) is 0. The molecule has 0 atom stereocenters. The van der Waals surface area contributed by atoms with Gasteiger partial charge in [-0.15, -0.1) is 11.3 Å². The van der Waals surface area contributed by atoms with Crippen molar-refractivity contribution in [1.82, 2.24) is 9.88 Å². The predicted octanol–water partition coefficient (Wildman–Crippen LogP) is 2.90. The first-order valence-corrected chi connectivity index (χ1v) is 7.94. The van der Waals surface area contributed by atoms with Gasteiger partial charge in [0.15, 0.2) is 10.9 Å². The van der Waals surface area contributed by atoms with E-state index in [1.54, 1.807) is 18.3 Å². The molecule has 0 aromatic carbocycles. The molecule has 5 heteroatoms. The molecular weight excluding hydrogens is 258 g/mol. The molecule has 0 saturated heterocycles. The maximum atomic E-state index is 11.3. The average Bonchev–Trinajstić information content (AvgIpc) is 2.89. The van der Waals surface area contributed by atoms with E-state index in [9.17, 15) is 4.79 Å². The van der Waals surface area contributed by atoms with Gasteiger partial charge in [0.25, 0.3) is 0 Å². The number of rotatable bonds is 9. The third-order valence-corrected chi connectivity index (χ3v) is 4.20. The molecule has 0 spiro atoms. The molecule has 0 aliphatic heterocycles. The van der Waals surface area contributed by atoms with Gasteiger partial charge in [0, 0.05) is 25.4 Å². The van der Waals surface area contributed by atoms with Gasteiger partial charge in [-0.3, -0.25) is 4.79 Å². The second-order valence-electron chi connectivity index (χ2n) is 4.53. The van der Waals surface area contributed by atoms with E-state index < -0.39 is 0 Å². The van der Waals surface area contributed by atoms with Crippen molar-refractivity contribution >= 4 is 22.3 Å². The van der Waals surface area contributed by atoms with Gasteiger partial charge < -0.3 is 9.80 Å². The summed E-state index contributed by atoms with van der Waals surface area (Å²) in [5.74, 6) is 0.0432. The fourth-order valence-electron chi connectivity index (χ4n) is 1.99. The average molecular weight is 283 g/mol. The lowest BCUT2D eigenvalue weighted by molar-refractivity contribution is 0.101. The number of Topliss-reactive ketones (excluding diaryl/α,β-unsaturated/α-hetero) is 1. The first-order chi connectivity index (χ1) is 9.12. The van der Waals surface area contributed by atoms with Crippen molar-refractivity contribution in [2.45, 2.75) is 34.1 Å². The van der Waals surface area contributed by atoms with E-state index in [1.165, 1.54) is 0 Å². The van der Waals surface area contributed by atoms with Gasteiger partial charge in [-0.2, -0.15) is 0 Å². The van der Waals surface area contributed by atoms with Gasteiger partial charge in [0.1, 0.15) is 5.69 Å². The monoisotopic (exact) mass is 283 g/mol. The zero-order valence-corrected chi connectivity index (χ0v) is 13.3. The molecule has 1 aromatic rings. The number of carbonyl (C=O) groups is 1. The van der Waals surface area contributed by atoms with Crippen LogP contribution < -0.4 is 4.90 Å². The molecule has 0 radical (unpaired) electrons. The summed E-state index contributed by atoms with van der Waals surface area (Å²) in [6.45, 7) is 13.3. The van der Waals surface area contributed by atoms with Crippen molar-refractivity contribution in [3.63, 3.8) is 0 Å². The smallest absolute Gasteiger partial charge is 0.185 e. The minimum Gasteiger partial charge on any atom is -0.348 e. The quantitative estimate of drug-likeness (QED) is 0.653. The Morgan fingerprint density at radius 2 is 1.89 bits per heavy atom. The highest BCUT2D eigenvalue weighted by molar-refractivity contribution is 7.13. The van der Waals surface area contributed by atoms with Gasteiger partial charge in [0.2, 0.25) is 0 Å². The Labute approximate surface area is 120 Å². The van der Waals surface area contributed by atoms with E-state index in [1.807, 2.05) is 5.38 Å². The Morgan fingerprint density at radius 1 is 1.21 bits per heavy atom. The van der Waals surface area contributed by atoms with E-state index in [0.29, 0.717) is 5.69 Å². The van der Waals surface area contributed by atoms with Gasteiger partial charge in [0.05, 0.1) is 0 Å². The van der Waals surface area contributed by atoms with Crippen molar-refractivity contribution < 1.29 is 4.79 Å². The zero-order valence-electron chi connectivity index (χ0n) is 12.5. The summed E-state index contributed by atoms with van der Waals surface area (Å²) < 4.78 is 0. The van der Waals surface area contributed by atoms with Crippen LogP contribution >= 0.6 is 11.3 Å². The molecule has 0 saturated carbocycles. The van der Waals surface area contributed by atoms with Crippen LogP contribution in [0.5, 0.6) is 0 Å². The van der Waals surface area contributed by atoms with E-state index in [4.69, 9.17) is 0 Å². The molecule has 0 fully saturated rings. The van der Waals surface area contributed by atoms with E-state index in [0.717, 1.165) is 44.3 Å². The third kappa shape index (κ3) is 4.91. The number of aromatic nitrogens is 1. The predicted molar refractivity (Wildman–Crippen MR) is 82.4 cm³/mol. The maximum Gasteiger partial charge on any atom is 0.185 e. The van der Waals surface area contributed by atoms with Crippen LogP contribution in [0.25, 0.3) is 0 Å². The van der Waals surface area contributed by atoms with Gasteiger partial charge in [-0.1, -0.05) is 13.8 Å². The molecule has 1 rings (SSSR count). The topological polar surface area (TPSA) is 36.4 Å². The van der Waals surface area contributed by atoms with E-state index >= 15 is 0 Å². The normalized spacial score (nSPS) is 11.0.